The van der Waals surface area contributed by atoms with Crippen molar-refractivity contribution in [2.45, 2.75) is 32.7 Å². The molecule has 27 heavy (non-hydrogen) atoms. The molecule has 0 aliphatic carbocycles. The van der Waals surface area contributed by atoms with E-state index in [2.05, 4.69) is 20.7 Å². The van der Waals surface area contributed by atoms with Crippen LogP contribution in [-0.2, 0) is 0 Å². The molecule has 140 valence electrons. The lowest BCUT2D eigenvalue weighted by molar-refractivity contribution is 0.102. The van der Waals surface area contributed by atoms with Gasteiger partial charge in [0.25, 0.3) is 5.91 Å². The molecule has 1 saturated heterocycles. The van der Waals surface area contributed by atoms with Crippen LogP contribution in [0.1, 0.15) is 40.6 Å². The molecule has 2 N–H and O–H groups in total. The number of piperidine rings is 1. The Balaban J connectivity index is 1.50. The second kappa shape index (κ2) is 7.36. The summed E-state index contributed by atoms with van der Waals surface area (Å²) in [5, 5.41) is 10.7. The summed E-state index contributed by atoms with van der Waals surface area (Å²) >= 11 is 0. The van der Waals surface area contributed by atoms with Crippen LogP contribution in [0.2, 0.25) is 0 Å². The molecular formula is C20H23N5O2. The van der Waals surface area contributed by atoms with Gasteiger partial charge in [0.05, 0.1) is 11.7 Å². The molecule has 7 nitrogen and oxygen atoms in total. The van der Waals surface area contributed by atoms with Crippen molar-refractivity contribution in [2.75, 3.05) is 18.4 Å². The smallest absolute Gasteiger partial charge is 0.276 e. The van der Waals surface area contributed by atoms with Crippen molar-refractivity contribution in [1.82, 2.24) is 20.1 Å². The lowest BCUT2D eigenvalue weighted by Gasteiger charge is -2.22. The van der Waals surface area contributed by atoms with E-state index < -0.39 is 0 Å². The number of hydrogen-bond donors (Lipinski definition) is 2. The van der Waals surface area contributed by atoms with Crippen LogP contribution in [-0.4, -0.2) is 33.8 Å². The number of hydrogen-bond acceptors (Lipinski definition) is 5. The largest absolute Gasteiger partial charge is 0.444 e. The highest BCUT2D eigenvalue weighted by molar-refractivity contribution is 6.03. The summed E-state index contributed by atoms with van der Waals surface area (Å²) in [6, 6.07) is 7.75. The SMILES string of the molecule is Cc1coc(-c2cc(NC(=O)c3ccn(C4CCCNC4)n3)ccc2C)n1. The normalized spacial score (nSPS) is 17.0. The Morgan fingerprint density at radius 3 is 2.96 bits per heavy atom. The van der Waals surface area contributed by atoms with E-state index in [9.17, 15) is 4.79 Å². The summed E-state index contributed by atoms with van der Waals surface area (Å²) < 4.78 is 7.39. The van der Waals surface area contributed by atoms with E-state index in [4.69, 9.17) is 4.42 Å². The van der Waals surface area contributed by atoms with Gasteiger partial charge in [-0.15, -0.1) is 0 Å². The quantitative estimate of drug-likeness (QED) is 0.741. The summed E-state index contributed by atoms with van der Waals surface area (Å²) in [7, 11) is 0. The topological polar surface area (TPSA) is 85.0 Å². The maximum absolute atomic E-state index is 12.6. The van der Waals surface area contributed by atoms with Crippen LogP contribution in [0.15, 0.2) is 41.1 Å². The molecule has 0 radical (unpaired) electrons. The van der Waals surface area contributed by atoms with Crippen LogP contribution in [0.4, 0.5) is 5.69 Å². The van der Waals surface area contributed by atoms with Crippen molar-refractivity contribution in [3.8, 4) is 11.5 Å². The number of nitrogens with one attached hydrogen (secondary N) is 2. The van der Waals surface area contributed by atoms with Gasteiger partial charge in [-0.25, -0.2) is 4.98 Å². The molecule has 3 heterocycles. The third-order valence-corrected chi connectivity index (χ3v) is 4.83. The Bertz CT molecular complexity index is 953. The highest BCUT2D eigenvalue weighted by atomic mass is 16.3. The highest BCUT2D eigenvalue weighted by Crippen LogP contribution is 2.26. The van der Waals surface area contributed by atoms with Crippen LogP contribution in [0.3, 0.4) is 0 Å². The fraction of sp³-hybridized carbons (Fsp3) is 0.350. The van der Waals surface area contributed by atoms with Gasteiger partial charge in [-0.3, -0.25) is 9.48 Å². The molecule has 1 aliphatic heterocycles. The van der Waals surface area contributed by atoms with Crippen LogP contribution >= 0.6 is 0 Å². The van der Waals surface area contributed by atoms with Gasteiger partial charge >= 0.3 is 0 Å². The summed E-state index contributed by atoms with van der Waals surface area (Å²) in [5.41, 5.74) is 3.81. The molecule has 2 aromatic heterocycles. The first kappa shape index (κ1) is 17.5. The fourth-order valence-corrected chi connectivity index (χ4v) is 3.32. The number of carbonyl (C=O) groups is 1. The van der Waals surface area contributed by atoms with Crippen molar-refractivity contribution < 1.29 is 9.21 Å². The predicted octanol–water partition coefficient (Wildman–Crippen LogP) is 3.33. The van der Waals surface area contributed by atoms with Gasteiger partial charge in [-0.1, -0.05) is 6.07 Å². The maximum atomic E-state index is 12.6. The molecule has 0 saturated carbocycles. The van der Waals surface area contributed by atoms with Crippen molar-refractivity contribution in [1.29, 1.82) is 0 Å². The van der Waals surface area contributed by atoms with E-state index in [-0.39, 0.29) is 5.91 Å². The maximum Gasteiger partial charge on any atom is 0.276 e. The average molecular weight is 365 g/mol. The Kier molecular flexibility index (Phi) is 4.77. The zero-order valence-electron chi connectivity index (χ0n) is 15.5. The van der Waals surface area contributed by atoms with E-state index in [1.807, 2.05) is 42.9 Å². The van der Waals surface area contributed by atoms with Gasteiger partial charge in [0.1, 0.15) is 6.26 Å². The molecule has 0 bridgehead atoms. The third kappa shape index (κ3) is 3.78. The molecule has 4 rings (SSSR count). The molecule has 1 aromatic carbocycles. The molecule has 1 amide bonds. The number of carbonyl (C=O) groups excluding carboxylic acids is 1. The second-order valence-electron chi connectivity index (χ2n) is 6.96. The Hall–Kier alpha value is -2.93. The average Bonchev–Trinajstić information content (AvgIpc) is 3.33. The van der Waals surface area contributed by atoms with E-state index in [1.54, 1.807) is 12.3 Å². The zero-order valence-corrected chi connectivity index (χ0v) is 15.5. The molecule has 7 heteroatoms. The van der Waals surface area contributed by atoms with Gasteiger partial charge in [-0.05, 0) is 57.0 Å². The van der Waals surface area contributed by atoms with Crippen LogP contribution in [0.25, 0.3) is 11.5 Å². The molecule has 1 atom stereocenters. The van der Waals surface area contributed by atoms with Gasteiger partial charge in [-0.2, -0.15) is 5.10 Å². The summed E-state index contributed by atoms with van der Waals surface area (Å²) in [6.45, 7) is 5.80. The number of oxazole rings is 1. The lowest BCUT2D eigenvalue weighted by atomic mass is 10.1. The van der Waals surface area contributed by atoms with Crippen molar-refractivity contribution in [2.24, 2.45) is 0 Å². The van der Waals surface area contributed by atoms with Crippen LogP contribution < -0.4 is 10.6 Å². The standard InChI is InChI=1S/C20H23N5O2/c1-13-5-6-15(10-17(13)20-22-14(2)12-27-20)23-19(26)18-7-9-25(24-18)16-4-3-8-21-11-16/h5-7,9-10,12,16,21H,3-4,8,11H2,1-2H3,(H,23,26). The predicted molar refractivity (Wildman–Crippen MR) is 103 cm³/mol. The Morgan fingerprint density at radius 2 is 2.22 bits per heavy atom. The molecular weight excluding hydrogens is 342 g/mol. The number of benzene rings is 1. The summed E-state index contributed by atoms with van der Waals surface area (Å²) in [5.74, 6) is 0.325. The molecule has 1 unspecified atom stereocenters. The number of aromatic nitrogens is 3. The van der Waals surface area contributed by atoms with E-state index in [0.29, 0.717) is 23.3 Å². The van der Waals surface area contributed by atoms with E-state index >= 15 is 0 Å². The summed E-state index contributed by atoms with van der Waals surface area (Å²) in [4.78, 5) is 17.0. The van der Waals surface area contributed by atoms with Crippen LogP contribution in [0.5, 0.6) is 0 Å². The summed E-state index contributed by atoms with van der Waals surface area (Å²) in [6.07, 6.45) is 5.70. The fourth-order valence-electron chi connectivity index (χ4n) is 3.32. The van der Waals surface area contributed by atoms with Crippen molar-refractivity contribution >= 4 is 11.6 Å². The van der Waals surface area contributed by atoms with Gasteiger partial charge < -0.3 is 15.1 Å². The third-order valence-electron chi connectivity index (χ3n) is 4.83. The minimum Gasteiger partial charge on any atom is -0.444 e. The Labute approximate surface area is 157 Å². The minimum atomic E-state index is -0.226. The van der Waals surface area contributed by atoms with Gasteiger partial charge in [0.2, 0.25) is 5.89 Å². The molecule has 3 aromatic rings. The molecule has 1 fully saturated rings. The minimum absolute atomic E-state index is 0.226. The molecule has 1 aliphatic rings. The monoisotopic (exact) mass is 365 g/mol. The number of rotatable bonds is 4. The first-order chi connectivity index (χ1) is 13.1. The first-order valence-corrected chi connectivity index (χ1v) is 9.20. The Morgan fingerprint density at radius 1 is 1.33 bits per heavy atom. The van der Waals surface area contributed by atoms with Gasteiger partial charge in [0.15, 0.2) is 5.69 Å². The second-order valence-corrected chi connectivity index (χ2v) is 6.96. The lowest BCUT2D eigenvalue weighted by Crippen LogP contribution is -2.32. The van der Waals surface area contributed by atoms with E-state index in [0.717, 1.165) is 42.8 Å². The highest BCUT2D eigenvalue weighted by Gasteiger charge is 2.18. The van der Waals surface area contributed by atoms with Gasteiger partial charge in [0, 0.05) is 24.0 Å². The van der Waals surface area contributed by atoms with E-state index in [1.165, 1.54) is 0 Å². The first-order valence-electron chi connectivity index (χ1n) is 9.20. The number of anilines is 1. The zero-order chi connectivity index (χ0) is 18.8. The number of amides is 1. The van der Waals surface area contributed by atoms with Crippen molar-refractivity contribution in [3.05, 3.63) is 53.7 Å². The molecule has 0 spiro atoms. The number of nitrogens with zero attached hydrogens (tertiary/aromatic N) is 3. The van der Waals surface area contributed by atoms with Crippen LogP contribution in [0, 0.1) is 13.8 Å². The number of aryl methyl sites for hydroxylation is 2. The van der Waals surface area contributed by atoms with Crippen molar-refractivity contribution in [3.63, 3.8) is 0 Å².